The maximum atomic E-state index is 12.6. The minimum atomic E-state index is -1.02. The molecule has 0 aliphatic carbocycles. The lowest BCUT2D eigenvalue weighted by Gasteiger charge is -2.13. The average Bonchev–Trinajstić information content (AvgIpc) is 3.07. The van der Waals surface area contributed by atoms with E-state index in [9.17, 15) is 19.5 Å². The summed E-state index contributed by atoms with van der Waals surface area (Å²) in [4.78, 5) is 36.0. The Bertz CT molecular complexity index is 937. The monoisotopic (exact) mass is 671 g/mol. The summed E-state index contributed by atoms with van der Waals surface area (Å²) >= 11 is 0. The van der Waals surface area contributed by atoms with Crippen LogP contribution in [-0.2, 0) is 19.1 Å². The van der Waals surface area contributed by atoms with Gasteiger partial charge in [0.15, 0.2) is 0 Å². The van der Waals surface area contributed by atoms with Gasteiger partial charge in [-0.25, -0.2) is 4.79 Å². The highest BCUT2D eigenvalue weighted by Gasteiger charge is 2.18. The number of nitrogens with one attached hydrogen (secondary N) is 1. The van der Waals surface area contributed by atoms with Crippen molar-refractivity contribution in [2.24, 2.45) is 5.73 Å². The summed E-state index contributed by atoms with van der Waals surface area (Å²) in [5.74, 6) is -1.41. The number of amides is 1. The Kier molecular flexibility index (Phi) is 33.2. The van der Waals surface area contributed by atoms with E-state index in [-0.39, 0.29) is 18.0 Å². The van der Waals surface area contributed by atoms with Gasteiger partial charge in [0.2, 0.25) is 5.91 Å². The van der Waals surface area contributed by atoms with Crippen molar-refractivity contribution in [3.05, 3.63) is 60.8 Å². The van der Waals surface area contributed by atoms with E-state index in [0.29, 0.717) is 38.6 Å². The fraction of sp³-hybridized carbons (Fsp3) is 0.683. The van der Waals surface area contributed by atoms with Crippen molar-refractivity contribution < 1.29 is 24.2 Å². The third kappa shape index (κ3) is 31.7. The van der Waals surface area contributed by atoms with Crippen LogP contribution in [0.25, 0.3) is 0 Å². The van der Waals surface area contributed by atoms with Crippen molar-refractivity contribution >= 4 is 17.8 Å². The molecule has 0 aromatic heterocycles. The number of carboxylic acids is 1. The Morgan fingerprint density at radius 3 is 1.83 bits per heavy atom. The molecule has 0 aromatic rings. The molecule has 0 saturated heterocycles. The van der Waals surface area contributed by atoms with Gasteiger partial charge in [0.25, 0.3) is 0 Å². The van der Waals surface area contributed by atoms with Crippen molar-refractivity contribution in [3.8, 4) is 0 Å². The Labute approximate surface area is 293 Å². The van der Waals surface area contributed by atoms with Crippen molar-refractivity contribution in [3.63, 3.8) is 0 Å². The van der Waals surface area contributed by atoms with Crippen LogP contribution >= 0.6 is 0 Å². The van der Waals surface area contributed by atoms with Crippen LogP contribution in [0.5, 0.6) is 0 Å². The molecule has 274 valence electrons. The molecule has 4 N–H and O–H groups in total. The van der Waals surface area contributed by atoms with Crippen LogP contribution in [0.2, 0.25) is 0 Å². The van der Waals surface area contributed by atoms with Crippen LogP contribution in [0.1, 0.15) is 162 Å². The van der Waals surface area contributed by atoms with E-state index in [4.69, 9.17) is 10.5 Å². The number of unbranched alkanes of at least 4 members (excludes halogenated alkanes) is 13. The first-order valence-corrected chi connectivity index (χ1v) is 19.1. The van der Waals surface area contributed by atoms with Gasteiger partial charge < -0.3 is 20.9 Å². The lowest BCUT2D eigenvalue weighted by atomic mass is 10.1. The third-order valence-corrected chi connectivity index (χ3v) is 8.03. The highest BCUT2D eigenvalue weighted by molar-refractivity contribution is 5.83. The molecule has 0 saturated carbocycles. The Morgan fingerprint density at radius 1 is 0.646 bits per heavy atom. The maximum absolute atomic E-state index is 12.6. The van der Waals surface area contributed by atoms with Crippen LogP contribution in [0.15, 0.2) is 60.8 Å². The normalized spacial score (nSPS) is 13.4. The van der Waals surface area contributed by atoms with E-state index in [1.807, 2.05) is 24.3 Å². The predicted molar refractivity (Wildman–Crippen MR) is 202 cm³/mol. The zero-order valence-corrected chi connectivity index (χ0v) is 30.6. The van der Waals surface area contributed by atoms with E-state index in [1.165, 1.54) is 57.8 Å². The SMILES string of the molecule is CC/C=C\C/C=C\C(/C=C\CCCCCC(=O)NC(CCCN)C(=O)O)OC(=O)CCCCCCCCC/C=C\C/C=C\CCCCC. The summed E-state index contributed by atoms with van der Waals surface area (Å²) in [7, 11) is 0. The zero-order chi connectivity index (χ0) is 35.3. The summed E-state index contributed by atoms with van der Waals surface area (Å²) in [6, 6.07) is -0.875. The molecule has 2 unspecified atom stereocenters. The molecule has 2 atom stereocenters. The average molecular weight is 671 g/mol. The van der Waals surface area contributed by atoms with Gasteiger partial charge >= 0.3 is 11.9 Å². The van der Waals surface area contributed by atoms with E-state index >= 15 is 0 Å². The maximum Gasteiger partial charge on any atom is 0.326 e. The molecule has 0 fully saturated rings. The van der Waals surface area contributed by atoms with Crippen molar-refractivity contribution in [1.82, 2.24) is 5.32 Å². The van der Waals surface area contributed by atoms with Gasteiger partial charge in [0.05, 0.1) is 0 Å². The Morgan fingerprint density at radius 2 is 1.19 bits per heavy atom. The van der Waals surface area contributed by atoms with E-state index in [0.717, 1.165) is 57.8 Å². The number of allylic oxidation sites excluding steroid dienone is 8. The van der Waals surface area contributed by atoms with Crippen LogP contribution in [0.3, 0.4) is 0 Å². The number of hydrogen-bond acceptors (Lipinski definition) is 5. The van der Waals surface area contributed by atoms with Gasteiger partial charge in [-0.3, -0.25) is 9.59 Å². The highest BCUT2D eigenvalue weighted by Crippen LogP contribution is 2.12. The first kappa shape index (κ1) is 45.1. The second-order valence-electron chi connectivity index (χ2n) is 12.6. The number of aliphatic carboxylic acids is 1. The standard InChI is InChI=1S/C41H70N2O5/c1-3-5-7-9-10-11-12-13-14-15-16-17-18-19-20-25-29-35-40(45)48-37(31-26-22-8-6-4-2)32-27-23-21-24-28-34-39(44)43-38(41(46)47)33-30-36-42/h6,8,10-11,13-14,26-27,31-32,37-38H,3-5,7,9,12,15-25,28-30,33-36,42H2,1-2H3,(H,43,44)(H,46,47)/b8-6-,11-10-,14-13-,31-26-,32-27-. The molecule has 48 heavy (non-hydrogen) atoms. The number of carbonyl (C=O) groups excluding carboxylic acids is 2. The van der Waals surface area contributed by atoms with Gasteiger partial charge in [0.1, 0.15) is 12.1 Å². The van der Waals surface area contributed by atoms with Gasteiger partial charge in [0, 0.05) is 12.8 Å². The molecular weight excluding hydrogens is 600 g/mol. The van der Waals surface area contributed by atoms with Crippen LogP contribution in [0.4, 0.5) is 0 Å². The van der Waals surface area contributed by atoms with Crippen molar-refractivity contribution in [2.75, 3.05) is 6.54 Å². The predicted octanol–water partition coefficient (Wildman–Crippen LogP) is 10.2. The fourth-order valence-corrected chi connectivity index (χ4v) is 5.14. The molecule has 7 nitrogen and oxygen atoms in total. The lowest BCUT2D eigenvalue weighted by molar-refractivity contribution is -0.145. The number of ether oxygens (including phenoxy) is 1. The second kappa shape index (κ2) is 35.4. The number of carboxylic acid groups (broad SMARTS) is 1. The third-order valence-electron chi connectivity index (χ3n) is 8.03. The minimum absolute atomic E-state index is 0.155. The van der Waals surface area contributed by atoms with Gasteiger partial charge in [-0.05, 0) is 102 Å². The van der Waals surface area contributed by atoms with Gasteiger partial charge in [-0.15, -0.1) is 0 Å². The molecule has 7 heteroatoms. The quantitative estimate of drug-likeness (QED) is 0.0363. The Balaban J connectivity index is 4.21. The molecule has 0 aliphatic heterocycles. The number of carbonyl (C=O) groups is 3. The van der Waals surface area contributed by atoms with Crippen molar-refractivity contribution in [1.29, 1.82) is 0 Å². The van der Waals surface area contributed by atoms with E-state index < -0.39 is 12.0 Å². The van der Waals surface area contributed by atoms with E-state index in [1.54, 1.807) is 0 Å². The fourth-order valence-electron chi connectivity index (χ4n) is 5.14. The molecule has 1 amide bonds. The summed E-state index contributed by atoms with van der Waals surface area (Å²) in [5, 5.41) is 11.8. The highest BCUT2D eigenvalue weighted by atomic mass is 16.5. The molecule has 0 heterocycles. The number of hydrogen-bond donors (Lipinski definition) is 3. The zero-order valence-electron chi connectivity index (χ0n) is 30.6. The second-order valence-corrected chi connectivity index (χ2v) is 12.6. The van der Waals surface area contributed by atoms with Gasteiger partial charge in [-0.2, -0.15) is 0 Å². The number of esters is 1. The summed E-state index contributed by atoms with van der Waals surface area (Å²) < 4.78 is 5.77. The Hall–Kier alpha value is -2.93. The molecule has 0 rings (SSSR count). The van der Waals surface area contributed by atoms with Crippen LogP contribution < -0.4 is 11.1 Å². The number of rotatable bonds is 33. The molecule has 0 bridgehead atoms. The summed E-state index contributed by atoms with van der Waals surface area (Å²) in [5.41, 5.74) is 5.45. The van der Waals surface area contributed by atoms with Gasteiger partial charge in [-0.1, -0.05) is 114 Å². The first-order chi connectivity index (χ1) is 23.4. The smallest absolute Gasteiger partial charge is 0.326 e. The topological polar surface area (TPSA) is 119 Å². The lowest BCUT2D eigenvalue weighted by Crippen LogP contribution is -2.40. The summed E-state index contributed by atoms with van der Waals surface area (Å²) in [6.45, 7) is 4.74. The van der Waals surface area contributed by atoms with Crippen LogP contribution in [0, 0.1) is 0 Å². The molecular formula is C41H70N2O5. The van der Waals surface area contributed by atoms with Crippen LogP contribution in [-0.4, -0.2) is 41.6 Å². The number of nitrogens with two attached hydrogens (primary N) is 1. The largest absolute Gasteiger partial charge is 0.480 e. The minimum Gasteiger partial charge on any atom is -0.480 e. The molecule has 0 aromatic carbocycles. The molecule has 0 aliphatic rings. The molecule has 0 radical (unpaired) electrons. The van der Waals surface area contributed by atoms with E-state index in [2.05, 4.69) is 55.6 Å². The first-order valence-electron chi connectivity index (χ1n) is 19.1. The summed E-state index contributed by atoms with van der Waals surface area (Å²) in [6.07, 6.45) is 43.2. The van der Waals surface area contributed by atoms with Crippen molar-refractivity contribution in [2.45, 2.75) is 174 Å². The molecule has 0 spiro atoms.